The number of alkyl halides is 3. The number of hydrogen-bond donors (Lipinski definition) is 1. The van der Waals surface area contributed by atoms with Crippen LogP contribution in [0.3, 0.4) is 0 Å². The number of halogens is 4. The lowest BCUT2D eigenvalue weighted by molar-refractivity contribution is -0.141. The van der Waals surface area contributed by atoms with Gasteiger partial charge in [0.15, 0.2) is 0 Å². The third kappa shape index (κ3) is 3.64. The molecule has 0 unspecified atom stereocenters. The van der Waals surface area contributed by atoms with Crippen molar-refractivity contribution in [2.45, 2.75) is 24.7 Å². The summed E-state index contributed by atoms with van der Waals surface area (Å²) < 4.78 is 38.5. The summed E-state index contributed by atoms with van der Waals surface area (Å²) >= 11 is 5.87. The van der Waals surface area contributed by atoms with Crippen molar-refractivity contribution in [2.75, 3.05) is 20.6 Å². The maximum absolute atomic E-state index is 12.8. The minimum absolute atomic E-state index is 0.107. The smallest absolute Gasteiger partial charge is 0.416 e. The van der Waals surface area contributed by atoms with Gasteiger partial charge in [-0.3, -0.25) is 4.79 Å². The van der Waals surface area contributed by atoms with E-state index in [1.54, 1.807) is 19.0 Å². The van der Waals surface area contributed by atoms with Crippen LogP contribution in [-0.2, 0) is 11.0 Å². The minimum Gasteiger partial charge on any atom is -0.480 e. The fourth-order valence-corrected chi connectivity index (χ4v) is 2.87. The van der Waals surface area contributed by atoms with E-state index >= 15 is 0 Å². The number of carbonyl (C=O) groups is 2. The number of carbonyl (C=O) groups excluding carboxylic acids is 1. The second kappa shape index (κ2) is 6.60. The van der Waals surface area contributed by atoms with Crippen LogP contribution in [0.5, 0.6) is 0 Å². The van der Waals surface area contributed by atoms with Gasteiger partial charge < -0.3 is 14.9 Å². The molecule has 1 aromatic rings. The van der Waals surface area contributed by atoms with Gasteiger partial charge in [0.05, 0.1) is 16.1 Å². The summed E-state index contributed by atoms with van der Waals surface area (Å²) in [5.74, 6) is -2.02. The zero-order valence-corrected chi connectivity index (χ0v) is 13.7. The molecule has 0 radical (unpaired) electrons. The van der Waals surface area contributed by atoms with Crippen molar-refractivity contribution in [3.63, 3.8) is 0 Å². The number of nitrogens with zero attached hydrogens (tertiary/aromatic N) is 2. The van der Waals surface area contributed by atoms with E-state index in [-0.39, 0.29) is 29.6 Å². The third-order valence-corrected chi connectivity index (χ3v) is 4.41. The number of likely N-dealkylation sites (N-methyl/N-ethyl adjacent to an activating group) is 1. The minimum atomic E-state index is -4.62. The lowest BCUT2D eigenvalue weighted by Crippen LogP contribution is -2.41. The van der Waals surface area contributed by atoms with Crippen LogP contribution in [0.4, 0.5) is 13.2 Å². The van der Waals surface area contributed by atoms with Gasteiger partial charge in [-0.2, -0.15) is 13.2 Å². The summed E-state index contributed by atoms with van der Waals surface area (Å²) in [6, 6.07) is 1.13. The molecule has 24 heavy (non-hydrogen) atoms. The van der Waals surface area contributed by atoms with Crippen LogP contribution < -0.4 is 0 Å². The Kier molecular flexibility index (Phi) is 5.10. The van der Waals surface area contributed by atoms with Crippen molar-refractivity contribution in [3.8, 4) is 0 Å². The molecule has 1 saturated heterocycles. The van der Waals surface area contributed by atoms with Gasteiger partial charge in [0.1, 0.15) is 6.04 Å². The highest BCUT2D eigenvalue weighted by molar-refractivity contribution is 6.33. The van der Waals surface area contributed by atoms with E-state index in [0.717, 1.165) is 17.0 Å². The van der Waals surface area contributed by atoms with Crippen LogP contribution in [-0.4, -0.2) is 59.5 Å². The Bertz CT molecular complexity index is 664. The first-order valence-corrected chi connectivity index (χ1v) is 7.47. The van der Waals surface area contributed by atoms with Gasteiger partial charge in [-0.15, -0.1) is 0 Å². The van der Waals surface area contributed by atoms with Crippen LogP contribution in [0, 0.1) is 0 Å². The first-order valence-electron chi connectivity index (χ1n) is 7.09. The number of carboxylic acid groups (broad SMARTS) is 1. The van der Waals surface area contributed by atoms with Crippen LogP contribution in [0.2, 0.25) is 5.02 Å². The molecule has 2 atom stereocenters. The maximum Gasteiger partial charge on any atom is 0.416 e. The van der Waals surface area contributed by atoms with Gasteiger partial charge >= 0.3 is 12.1 Å². The van der Waals surface area contributed by atoms with E-state index in [9.17, 15) is 27.9 Å². The van der Waals surface area contributed by atoms with Crippen LogP contribution in [0.25, 0.3) is 0 Å². The first kappa shape index (κ1) is 18.5. The fourth-order valence-electron chi connectivity index (χ4n) is 2.67. The van der Waals surface area contributed by atoms with E-state index in [1.807, 2.05) is 0 Å². The molecule has 5 nitrogen and oxygen atoms in total. The number of benzene rings is 1. The highest BCUT2D eigenvalue weighted by atomic mass is 35.5. The third-order valence-electron chi connectivity index (χ3n) is 4.08. The fraction of sp³-hybridized carbons (Fsp3) is 0.467. The number of likely N-dealkylation sites (tertiary alicyclic amines) is 1. The highest BCUT2D eigenvalue weighted by Gasteiger charge is 2.41. The molecule has 0 aliphatic carbocycles. The quantitative estimate of drug-likeness (QED) is 0.895. The average Bonchev–Trinajstić information content (AvgIpc) is 2.91. The molecular weight excluding hydrogens is 349 g/mol. The summed E-state index contributed by atoms with van der Waals surface area (Å²) in [4.78, 5) is 26.9. The molecule has 9 heteroatoms. The molecule has 0 bridgehead atoms. The molecule has 0 aromatic heterocycles. The topological polar surface area (TPSA) is 60.9 Å². The van der Waals surface area contributed by atoms with Crippen molar-refractivity contribution < 1.29 is 27.9 Å². The van der Waals surface area contributed by atoms with Crippen molar-refractivity contribution in [1.82, 2.24) is 9.80 Å². The standard InChI is InChI=1S/C15H16ClF3N2O3/c1-20(2)9-6-12(14(23)24)21(7-9)13(22)10-5-8(15(17,18)19)3-4-11(10)16/h3-5,9,12H,6-7H2,1-2H3,(H,23,24)/t9-,12+/m1/s1. The predicted octanol–water partition coefficient (Wildman–Crippen LogP) is 2.59. The highest BCUT2D eigenvalue weighted by Crippen LogP contribution is 2.33. The predicted molar refractivity (Wildman–Crippen MR) is 81.0 cm³/mol. The van der Waals surface area contributed by atoms with E-state index in [2.05, 4.69) is 0 Å². The summed E-state index contributed by atoms with van der Waals surface area (Å²) in [5, 5.41) is 9.16. The molecule has 1 aliphatic rings. The van der Waals surface area contributed by atoms with Crippen molar-refractivity contribution >= 4 is 23.5 Å². The molecule has 1 heterocycles. The van der Waals surface area contributed by atoms with Gasteiger partial charge in [0, 0.05) is 12.6 Å². The summed E-state index contributed by atoms with van der Waals surface area (Å²) in [7, 11) is 3.49. The van der Waals surface area contributed by atoms with E-state index in [0.29, 0.717) is 6.07 Å². The second-order valence-electron chi connectivity index (χ2n) is 5.86. The summed E-state index contributed by atoms with van der Waals surface area (Å²) in [6.45, 7) is 0.107. The Balaban J connectivity index is 2.38. The van der Waals surface area contributed by atoms with Gasteiger partial charge in [-0.25, -0.2) is 4.79 Å². The molecule has 1 aromatic carbocycles. The molecule has 0 saturated carbocycles. The maximum atomic E-state index is 12.8. The van der Waals surface area contributed by atoms with Gasteiger partial charge in [0.2, 0.25) is 0 Å². The Morgan fingerprint density at radius 1 is 1.33 bits per heavy atom. The van der Waals surface area contributed by atoms with E-state index in [4.69, 9.17) is 11.6 Å². The second-order valence-corrected chi connectivity index (χ2v) is 6.26. The van der Waals surface area contributed by atoms with Crippen molar-refractivity contribution in [1.29, 1.82) is 0 Å². The molecule has 1 amide bonds. The number of aliphatic carboxylic acids is 1. The number of rotatable bonds is 3. The summed E-state index contributed by atoms with van der Waals surface area (Å²) in [5.41, 5.74) is -1.36. The Labute approximate surface area is 141 Å². The van der Waals surface area contributed by atoms with Crippen LogP contribution in [0.1, 0.15) is 22.3 Å². The molecule has 0 spiro atoms. The summed E-state index contributed by atoms with van der Waals surface area (Å²) in [6.07, 6.45) is -4.42. The lowest BCUT2D eigenvalue weighted by atomic mass is 10.1. The molecule has 132 valence electrons. The molecule has 1 N–H and O–H groups in total. The molecule has 1 aliphatic heterocycles. The van der Waals surface area contributed by atoms with Gasteiger partial charge in [-0.05, 0) is 38.7 Å². The largest absolute Gasteiger partial charge is 0.480 e. The zero-order valence-electron chi connectivity index (χ0n) is 13.0. The van der Waals surface area contributed by atoms with Crippen molar-refractivity contribution in [3.05, 3.63) is 34.3 Å². The van der Waals surface area contributed by atoms with Gasteiger partial charge in [0.25, 0.3) is 5.91 Å². The Hall–Kier alpha value is -1.80. The number of carboxylic acids is 1. The SMILES string of the molecule is CN(C)[C@@H]1C[C@@H](C(=O)O)N(C(=O)c2cc(C(F)(F)F)ccc2Cl)C1. The molecule has 1 fully saturated rings. The molecule has 2 rings (SSSR count). The monoisotopic (exact) mass is 364 g/mol. The average molecular weight is 365 g/mol. The Morgan fingerprint density at radius 3 is 2.46 bits per heavy atom. The zero-order chi connectivity index (χ0) is 18.2. The number of hydrogen-bond acceptors (Lipinski definition) is 3. The van der Waals surface area contributed by atoms with E-state index in [1.165, 1.54) is 0 Å². The Morgan fingerprint density at radius 2 is 1.96 bits per heavy atom. The molecular formula is C15H16ClF3N2O3. The normalized spacial score (nSPS) is 21.4. The number of amides is 1. The van der Waals surface area contributed by atoms with Crippen LogP contribution >= 0.6 is 11.6 Å². The van der Waals surface area contributed by atoms with E-state index < -0.39 is 29.7 Å². The lowest BCUT2D eigenvalue weighted by Gasteiger charge is -2.23. The van der Waals surface area contributed by atoms with Crippen LogP contribution in [0.15, 0.2) is 18.2 Å². The van der Waals surface area contributed by atoms with Crippen molar-refractivity contribution in [2.24, 2.45) is 0 Å². The first-order chi connectivity index (χ1) is 11.0. The van der Waals surface area contributed by atoms with Gasteiger partial charge in [-0.1, -0.05) is 11.6 Å².